The van der Waals surface area contributed by atoms with Crippen molar-refractivity contribution in [3.8, 4) is 0 Å². The minimum Gasteiger partial charge on any atom is -0.375 e. The maximum Gasteiger partial charge on any atom is 0.0701 e. The molecule has 0 aliphatic carbocycles. The molecule has 3 heterocycles. The summed E-state index contributed by atoms with van der Waals surface area (Å²) in [6.45, 7) is 2.88. The zero-order valence-corrected chi connectivity index (χ0v) is 13.8. The Morgan fingerprint density at radius 2 is 2.29 bits per heavy atom. The van der Waals surface area contributed by atoms with Crippen molar-refractivity contribution in [2.24, 2.45) is 18.8 Å². The van der Waals surface area contributed by atoms with Gasteiger partial charge >= 0.3 is 0 Å². The summed E-state index contributed by atoms with van der Waals surface area (Å²) >= 11 is 2.05. The van der Waals surface area contributed by atoms with Gasteiger partial charge in [-0.25, -0.2) is 0 Å². The highest BCUT2D eigenvalue weighted by Crippen LogP contribution is 2.43. The van der Waals surface area contributed by atoms with Gasteiger partial charge in [-0.15, -0.1) is 0 Å². The molecule has 0 saturated carbocycles. The van der Waals surface area contributed by atoms with Gasteiger partial charge in [0, 0.05) is 13.7 Å². The van der Waals surface area contributed by atoms with Gasteiger partial charge in [0.2, 0.25) is 0 Å². The summed E-state index contributed by atoms with van der Waals surface area (Å²) in [7, 11) is 2.00. The topological polar surface area (TPSA) is 65.1 Å². The van der Waals surface area contributed by atoms with Crippen molar-refractivity contribution in [2.75, 3.05) is 18.1 Å². The van der Waals surface area contributed by atoms with E-state index in [2.05, 4.69) is 16.6 Å². The van der Waals surface area contributed by atoms with E-state index in [9.17, 15) is 0 Å². The molecule has 0 aromatic carbocycles. The maximum absolute atomic E-state index is 6.20. The molecule has 0 bridgehead atoms. The minimum absolute atomic E-state index is 0.0942. The normalized spacial score (nSPS) is 26.9. The van der Waals surface area contributed by atoms with Crippen molar-refractivity contribution >= 4 is 11.8 Å². The Morgan fingerprint density at radius 1 is 1.52 bits per heavy atom. The number of hydrogen-bond acceptors (Lipinski definition) is 5. The number of hydrazine groups is 1. The smallest absolute Gasteiger partial charge is 0.0701 e. The third-order valence-corrected chi connectivity index (χ3v) is 5.93. The number of aryl methyl sites for hydroxylation is 2. The predicted molar refractivity (Wildman–Crippen MR) is 86.0 cm³/mol. The first kappa shape index (κ1) is 15.3. The van der Waals surface area contributed by atoms with Gasteiger partial charge in [0.05, 0.1) is 23.0 Å². The Bertz CT molecular complexity index is 479. The van der Waals surface area contributed by atoms with Gasteiger partial charge in [0.15, 0.2) is 0 Å². The second kappa shape index (κ2) is 6.28. The van der Waals surface area contributed by atoms with Gasteiger partial charge in [-0.3, -0.25) is 16.0 Å². The van der Waals surface area contributed by atoms with E-state index in [4.69, 9.17) is 10.6 Å². The van der Waals surface area contributed by atoms with Gasteiger partial charge in [0.1, 0.15) is 0 Å². The zero-order chi connectivity index (χ0) is 14.9. The molecule has 0 amide bonds. The molecular weight excluding hydrogens is 284 g/mol. The Morgan fingerprint density at radius 3 is 2.90 bits per heavy atom. The molecule has 1 aromatic rings. The van der Waals surface area contributed by atoms with Crippen LogP contribution in [0.4, 0.5) is 0 Å². The molecule has 21 heavy (non-hydrogen) atoms. The lowest BCUT2D eigenvalue weighted by molar-refractivity contribution is -0.107. The fourth-order valence-corrected chi connectivity index (χ4v) is 5.06. The highest BCUT2D eigenvalue weighted by molar-refractivity contribution is 7.99. The van der Waals surface area contributed by atoms with Crippen molar-refractivity contribution in [1.29, 1.82) is 0 Å². The van der Waals surface area contributed by atoms with Gasteiger partial charge in [-0.1, -0.05) is 0 Å². The lowest BCUT2D eigenvalue weighted by Crippen LogP contribution is -2.47. The quantitative estimate of drug-likeness (QED) is 0.660. The molecule has 0 radical (unpaired) electrons. The predicted octanol–water partition coefficient (Wildman–Crippen LogP) is 1.93. The largest absolute Gasteiger partial charge is 0.375 e. The molecule has 5 nitrogen and oxygen atoms in total. The second-order valence-corrected chi connectivity index (χ2v) is 7.60. The number of nitrogens with zero attached hydrogens (tertiary/aromatic N) is 2. The van der Waals surface area contributed by atoms with E-state index in [-0.39, 0.29) is 11.6 Å². The molecule has 1 spiro atoms. The van der Waals surface area contributed by atoms with Crippen LogP contribution in [0.5, 0.6) is 0 Å². The molecule has 2 saturated heterocycles. The van der Waals surface area contributed by atoms with E-state index in [1.807, 2.05) is 30.4 Å². The van der Waals surface area contributed by atoms with Crippen molar-refractivity contribution in [1.82, 2.24) is 15.2 Å². The number of aromatic nitrogens is 2. The maximum atomic E-state index is 6.20. The van der Waals surface area contributed by atoms with Crippen LogP contribution in [0.1, 0.15) is 43.1 Å². The highest BCUT2D eigenvalue weighted by Gasteiger charge is 2.41. The second-order valence-electron chi connectivity index (χ2n) is 6.38. The van der Waals surface area contributed by atoms with E-state index in [0.29, 0.717) is 5.92 Å². The third kappa shape index (κ3) is 3.13. The number of ether oxygens (including phenoxy) is 1. The van der Waals surface area contributed by atoms with E-state index < -0.39 is 0 Å². The molecule has 3 rings (SSSR count). The number of nitrogens with one attached hydrogen (secondary N) is 1. The van der Waals surface area contributed by atoms with E-state index in [1.54, 1.807) is 0 Å². The summed E-state index contributed by atoms with van der Waals surface area (Å²) < 4.78 is 8.16. The molecule has 118 valence electrons. The van der Waals surface area contributed by atoms with Crippen LogP contribution in [0, 0.1) is 12.8 Å². The zero-order valence-electron chi connectivity index (χ0n) is 13.0. The summed E-state index contributed by atoms with van der Waals surface area (Å²) in [5.41, 5.74) is 5.36. The number of rotatable bonds is 3. The minimum atomic E-state index is 0.0942. The van der Waals surface area contributed by atoms with Crippen LogP contribution in [-0.4, -0.2) is 33.5 Å². The van der Waals surface area contributed by atoms with Crippen LogP contribution >= 0.6 is 11.8 Å². The Balaban J connectivity index is 1.78. The Hall–Kier alpha value is -0.560. The Labute approximate surface area is 131 Å². The van der Waals surface area contributed by atoms with Crippen LogP contribution in [-0.2, 0) is 11.8 Å². The number of nitrogens with two attached hydrogens (primary N) is 1. The molecule has 3 N–H and O–H groups in total. The van der Waals surface area contributed by atoms with Gasteiger partial charge in [-0.05, 0) is 56.1 Å². The average Bonchev–Trinajstić information content (AvgIpc) is 2.80. The Kier molecular flexibility index (Phi) is 4.59. The fraction of sp³-hybridized carbons (Fsp3) is 0.800. The molecule has 1 aromatic heterocycles. The molecule has 2 unspecified atom stereocenters. The lowest BCUT2D eigenvalue weighted by Gasteiger charge is -2.45. The van der Waals surface area contributed by atoms with Crippen molar-refractivity contribution in [3.63, 3.8) is 0 Å². The van der Waals surface area contributed by atoms with E-state index in [0.717, 1.165) is 25.1 Å². The first-order valence-corrected chi connectivity index (χ1v) is 8.97. The van der Waals surface area contributed by atoms with E-state index in [1.165, 1.54) is 30.0 Å². The van der Waals surface area contributed by atoms with Crippen LogP contribution in [0.3, 0.4) is 0 Å². The highest BCUT2D eigenvalue weighted by atomic mass is 32.2. The van der Waals surface area contributed by atoms with Crippen molar-refractivity contribution in [2.45, 2.75) is 44.2 Å². The first-order valence-electron chi connectivity index (χ1n) is 7.82. The summed E-state index contributed by atoms with van der Waals surface area (Å²) in [4.78, 5) is 0. The molecule has 2 aliphatic heterocycles. The lowest BCUT2D eigenvalue weighted by atomic mass is 9.78. The first-order chi connectivity index (χ1) is 10.1. The van der Waals surface area contributed by atoms with Crippen LogP contribution in [0.15, 0.2) is 6.07 Å². The van der Waals surface area contributed by atoms with E-state index >= 15 is 0 Å². The summed E-state index contributed by atoms with van der Waals surface area (Å²) in [6, 6.07) is 2.30. The van der Waals surface area contributed by atoms with Crippen LogP contribution in [0.2, 0.25) is 0 Å². The molecule has 2 atom stereocenters. The van der Waals surface area contributed by atoms with Crippen molar-refractivity contribution < 1.29 is 4.74 Å². The summed E-state index contributed by atoms with van der Waals surface area (Å²) in [5.74, 6) is 8.85. The summed E-state index contributed by atoms with van der Waals surface area (Å²) in [6.07, 6.45) is 4.52. The standard InChI is InChI=1S/C15H26N4OS/c1-11-9-13(19(2)18-11)14(17-16)12-3-6-20-15(10-12)4-7-21-8-5-15/h9,12,14,17H,3-8,10,16H2,1-2H3. The number of thioether (sulfide) groups is 1. The monoisotopic (exact) mass is 310 g/mol. The number of hydrogen-bond donors (Lipinski definition) is 2. The molecular formula is C15H26N4OS. The van der Waals surface area contributed by atoms with Crippen LogP contribution in [0.25, 0.3) is 0 Å². The SMILES string of the molecule is Cc1cc(C(NN)C2CCOC3(CCSCC3)C2)n(C)n1. The van der Waals surface area contributed by atoms with Crippen molar-refractivity contribution in [3.05, 3.63) is 17.5 Å². The van der Waals surface area contributed by atoms with Gasteiger partial charge < -0.3 is 4.74 Å². The molecule has 2 fully saturated rings. The van der Waals surface area contributed by atoms with Crippen LogP contribution < -0.4 is 11.3 Å². The average molecular weight is 310 g/mol. The fourth-order valence-electron chi connectivity index (χ4n) is 3.83. The molecule has 6 heteroatoms. The molecule has 2 aliphatic rings. The third-order valence-electron chi connectivity index (χ3n) is 4.94. The van der Waals surface area contributed by atoms with Gasteiger partial charge in [-0.2, -0.15) is 16.9 Å². The summed E-state index contributed by atoms with van der Waals surface area (Å²) in [5, 5.41) is 4.47. The van der Waals surface area contributed by atoms with Gasteiger partial charge in [0.25, 0.3) is 0 Å².